The summed E-state index contributed by atoms with van der Waals surface area (Å²) in [6, 6.07) is 6.88. The van der Waals surface area contributed by atoms with Crippen molar-refractivity contribution in [1.82, 2.24) is 4.90 Å². The highest BCUT2D eigenvalue weighted by Crippen LogP contribution is 2.36. The molecule has 1 unspecified atom stereocenters. The first-order valence-corrected chi connectivity index (χ1v) is 10.5. The molecule has 4 rings (SSSR count). The topological polar surface area (TPSA) is 59.8 Å². The average Bonchev–Trinajstić information content (AvgIpc) is 3.14. The van der Waals surface area contributed by atoms with Crippen LogP contribution in [-0.2, 0) is 11.2 Å². The van der Waals surface area contributed by atoms with Crippen LogP contribution in [0.4, 0.5) is 0 Å². The molecule has 3 aromatic rings. The summed E-state index contributed by atoms with van der Waals surface area (Å²) in [5.41, 5.74) is 1.98. The van der Waals surface area contributed by atoms with Crippen LogP contribution in [0.2, 0.25) is 5.02 Å². The van der Waals surface area contributed by atoms with Crippen LogP contribution in [0.3, 0.4) is 0 Å². The Morgan fingerprint density at radius 3 is 3.00 bits per heavy atom. The third-order valence-corrected chi connectivity index (χ3v) is 6.45. The minimum Gasteiger partial charge on any atom is -0.482 e. The van der Waals surface area contributed by atoms with Crippen molar-refractivity contribution in [1.29, 1.82) is 0 Å². The number of carbonyl (C=O) groups excluding carboxylic acids is 1. The molecule has 0 saturated heterocycles. The smallest absolute Gasteiger partial charge is 0.336 e. The second kappa shape index (κ2) is 7.60. The molecule has 7 heteroatoms. The summed E-state index contributed by atoms with van der Waals surface area (Å²) in [5, 5.41) is 3.21. The molecule has 1 atom stereocenters. The van der Waals surface area contributed by atoms with Crippen molar-refractivity contribution in [2.24, 2.45) is 0 Å². The molecule has 1 amide bonds. The van der Waals surface area contributed by atoms with Crippen LogP contribution in [0, 0.1) is 6.92 Å². The third-order valence-electron chi connectivity index (χ3n) is 5.16. The Morgan fingerprint density at radius 1 is 1.39 bits per heavy atom. The zero-order valence-corrected chi connectivity index (χ0v) is 17.2. The van der Waals surface area contributed by atoms with Crippen LogP contribution in [0.5, 0.6) is 5.75 Å². The van der Waals surface area contributed by atoms with Crippen LogP contribution < -0.4 is 10.4 Å². The second-order valence-corrected chi connectivity index (χ2v) is 8.28. The van der Waals surface area contributed by atoms with Crippen LogP contribution in [-0.4, -0.2) is 24.0 Å². The molecular weight excluding hydrogens is 398 g/mol. The largest absolute Gasteiger partial charge is 0.482 e. The van der Waals surface area contributed by atoms with E-state index in [0.29, 0.717) is 22.9 Å². The average molecular weight is 418 g/mol. The summed E-state index contributed by atoms with van der Waals surface area (Å²) >= 11 is 8.08. The van der Waals surface area contributed by atoms with Gasteiger partial charge in [-0.25, -0.2) is 4.79 Å². The van der Waals surface area contributed by atoms with E-state index in [9.17, 15) is 9.59 Å². The predicted octanol–water partition coefficient (Wildman–Crippen LogP) is 4.73. The fraction of sp³-hybridized carbons (Fsp3) is 0.333. The summed E-state index contributed by atoms with van der Waals surface area (Å²) < 4.78 is 11.0. The maximum atomic E-state index is 12.8. The van der Waals surface area contributed by atoms with Gasteiger partial charge < -0.3 is 14.1 Å². The highest BCUT2D eigenvalue weighted by atomic mass is 35.5. The van der Waals surface area contributed by atoms with E-state index in [-0.39, 0.29) is 18.6 Å². The molecular formula is C21H20ClNO4S. The van der Waals surface area contributed by atoms with Gasteiger partial charge in [0.2, 0.25) is 0 Å². The lowest BCUT2D eigenvalue weighted by Gasteiger charge is -2.35. The van der Waals surface area contributed by atoms with E-state index in [1.165, 1.54) is 16.5 Å². The fourth-order valence-corrected chi connectivity index (χ4v) is 4.93. The van der Waals surface area contributed by atoms with Crippen molar-refractivity contribution in [3.63, 3.8) is 0 Å². The minimum absolute atomic E-state index is 0.0782. The van der Waals surface area contributed by atoms with E-state index < -0.39 is 5.63 Å². The van der Waals surface area contributed by atoms with Gasteiger partial charge in [-0.15, -0.1) is 11.3 Å². The van der Waals surface area contributed by atoms with Crippen LogP contribution in [0.25, 0.3) is 11.0 Å². The van der Waals surface area contributed by atoms with Gasteiger partial charge in [-0.2, -0.15) is 0 Å². The molecule has 2 aromatic heterocycles. The van der Waals surface area contributed by atoms with E-state index in [0.717, 1.165) is 23.8 Å². The molecule has 0 bridgehead atoms. The Hall–Kier alpha value is -2.31. The molecule has 3 heterocycles. The van der Waals surface area contributed by atoms with E-state index >= 15 is 0 Å². The predicted molar refractivity (Wildman–Crippen MR) is 110 cm³/mol. The number of hydrogen-bond donors (Lipinski definition) is 0. The Kier molecular flexibility index (Phi) is 5.17. The third kappa shape index (κ3) is 3.42. The molecule has 146 valence electrons. The summed E-state index contributed by atoms with van der Waals surface area (Å²) in [4.78, 5) is 27.7. The molecule has 1 aliphatic rings. The summed E-state index contributed by atoms with van der Waals surface area (Å²) in [7, 11) is 0. The first-order chi connectivity index (χ1) is 13.5. The molecule has 0 spiro atoms. The second-order valence-electron chi connectivity index (χ2n) is 6.88. The van der Waals surface area contributed by atoms with Crippen molar-refractivity contribution >= 4 is 39.8 Å². The van der Waals surface area contributed by atoms with Gasteiger partial charge in [0.1, 0.15) is 11.3 Å². The maximum Gasteiger partial charge on any atom is 0.336 e. The number of nitrogens with zero attached hydrogens (tertiary/aromatic N) is 1. The Bertz CT molecular complexity index is 1100. The lowest BCUT2D eigenvalue weighted by Crippen LogP contribution is -2.41. The molecule has 5 nitrogen and oxygen atoms in total. The first kappa shape index (κ1) is 19.0. The number of thiophene rings is 1. The van der Waals surface area contributed by atoms with E-state index in [4.69, 9.17) is 20.8 Å². The van der Waals surface area contributed by atoms with Gasteiger partial charge >= 0.3 is 5.63 Å². The quantitative estimate of drug-likeness (QED) is 0.576. The molecule has 1 aromatic carbocycles. The molecule has 1 aliphatic heterocycles. The van der Waals surface area contributed by atoms with Crippen molar-refractivity contribution in [2.45, 2.75) is 32.7 Å². The monoisotopic (exact) mass is 417 g/mol. The SMILES string of the molecule is CCC1c2ccsc2CCN1C(=O)COc1cc2oc(=O)cc(C)c2cc1Cl. The van der Waals surface area contributed by atoms with Crippen LogP contribution in [0.15, 0.2) is 38.9 Å². The Balaban J connectivity index is 1.54. The van der Waals surface area contributed by atoms with Crippen molar-refractivity contribution in [3.05, 3.63) is 61.1 Å². The highest BCUT2D eigenvalue weighted by Gasteiger charge is 2.30. The van der Waals surface area contributed by atoms with Crippen LogP contribution >= 0.6 is 22.9 Å². The lowest BCUT2D eigenvalue weighted by molar-refractivity contribution is -0.136. The number of fused-ring (bicyclic) bond motifs is 2. The van der Waals surface area contributed by atoms with E-state index in [2.05, 4.69) is 18.4 Å². The fourth-order valence-electron chi connectivity index (χ4n) is 3.79. The number of hydrogen-bond acceptors (Lipinski definition) is 5. The number of ether oxygens (including phenoxy) is 1. The van der Waals surface area contributed by atoms with Gasteiger partial charge in [0, 0.05) is 28.9 Å². The van der Waals surface area contributed by atoms with Gasteiger partial charge in [0.05, 0.1) is 11.1 Å². The zero-order chi connectivity index (χ0) is 19.8. The number of rotatable bonds is 4. The molecule has 0 fully saturated rings. The minimum atomic E-state index is -0.431. The molecule has 0 radical (unpaired) electrons. The number of benzene rings is 1. The molecule has 28 heavy (non-hydrogen) atoms. The van der Waals surface area contributed by atoms with Gasteiger partial charge in [-0.3, -0.25) is 4.79 Å². The van der Waals surface area contributed by atoms with Gasteiger partial charge in [-0.05, 0) is 48.4 Å². The summed E-state index contributed by atoms with van der Waals surface area (Å²) in [6.07, 6.45) is 1.73. The number of halogens is 1. The van der Waals surface area contributed by atoms with Gasteiger partial charge in [0.25, 0.3) is 5.91 Å². The molecule has 0 saturated carbocycles. The van der Waals surface area contributed by atoms with E-state index in [1.807, 2.05) is 11.8 Å². The molecule has 0 aliphatic carbocycles. The van der Waals surface area contributed by atoms with Crippen molar-refractivity contribution in [2.75, 3.05) is 13.2 Å². The maximum absolute atomic E-state index is 12.8. The summed E-state index contributed by atoms with van der Waals surface area (Å²) in [6.45, 7) is 4.48. The lowest BCUT2D eigenvalue weighted by atomic mass is 9.98. The van der Waals surface area contributed by atoms with E-state index in [1.54, 1.807) is 23.5 Å². The highest BCUT2D eigenvalue weighted by molar-refractivity contribution is 7.10. The number of amides is 1. The Labute approximate surface area is 171 Å². The normalized spacial score (nSPS) is 16.2. The summed E-state index contributed by atoms with van der Waals surface area (Å²) in [5.74, 6) is 0.253. The molecule has 0 N–H and O–H groups in total. The van der Waals surface area contributed by atoms with Crippen molar-refractivity contribution in [3.8, 4) is 5.75 Å². The van der Waals surface area contributed by atoms with Crippen molar-refractivity contribution < 1.29 is 13.9 Å². The number of aryl methyl sites for hydroxylation is 1. The standard InChI is InChI=1S/C21H20ClNO4S/c1-3-16-13-5-7-28-19(13)4-6-23(16)20(24)11-26-18-10-17-14(9-15(18)22)12(2)8-21(25)27-17/h5,7-10,16H,3-4,6,11H2,1-2H3. The number of carbonyl (C=O) groups is 1. The van der Waals surface area contributed by atoms with Gasteiger partial charge in [-0.1, -0.05) is 18.5 Å². The first-order valence-electron chi connectivity index (χ1n) is 9.20. The Morgan fingerprint density at radius 2 is 2.21 bits per heavy atom. The zero-order valence-electron chi connectivity index (χ0n) is 15.7. The van der Waals surface area contributed by atoms with Gasteiger partial charge in [0.15, 0.2) is 6.61 Å². The van der Waals surface area contributed by atoms with Crippen LogP contribution in [0.1, 0.15) is 35.4 Å².